The first kappa shape index (κ1) is 19.8. The predicted molar refractivity (Wildman–Crippen MR) is 97.4 cm³/mol. The highest BCUT2D eigenvalue weighted by molar-refractivity contribution is 8.00. The lowest BCUT2D eigenvalue weighted by Crippen LogP contribution is -2.42. The van der Waals surface area contributed by atoms with Gasteiger partial charge in [0, 0.05) is 10.9 Å². The Hall–Kier alpha value is -1.54. The smallest absolute Gasteiger partial charge is 0.317 e. The van der Waals surface area contributed by atoms with Gasteiger partial charge < -0.3 is 10.1 Å². The van der Waals surface area contributed by atoms with Crippen LogP contribution in [0.1, 0.15) is 24.5 Å². The van der Waals surface area contributed by atoms with E-state index < -0.39 is 33.9 Å². The number of amides is 1. The molecule has 6 nitrogen and oxygen atoms in total. The maximum absolute atomic E-state index is 12.0. The van der Waals surface area contributed by atoms with E-state index in [1.807, 2.05) is 32.0 Å². The summed E-state index contributed by atoms with van der Waals surface area (Å²) >= 11 is 1.36. The van der Waals surface area contributed by atoms with Crippen LogP contribution in [0.2, 0.25) is 0 Å². The molecule has 0 saturated carbocycles. The number of carbonyl (C=O) groups excluding carboxylic acids is 2. The van der Waals surface area contributed by atoms with Gasteiger partial charge >= 0.3 is 5.97 Å². The molecule has 0 unspecified atom stereocenters. The molecule has 2 rings (SSSR count). The van der Waals surface area contributed by atoms with E-state index in [2.05, 4.69) is 5.32 Å². The van der Waals surface area contributed by atoms with E-state index in [4.69, 9.17) is 4.74 Å². The first-order chi connectivity index (χ1) is 11.7. The van der Waals surface area contributed by atoms with E-state index in [1.165, 1.54) is 18.7 Å². The third-order valence-electron chi connectivity index (χ3n) is 3.93. The van der Waals surface area contributed by atoms with Gasteiger partial charge in [-0.15, -0.1) is 11.8 Å². The van der Waals surface area contributed by atoms with Gasteiger partial charge in [0.1, 0.15) is 0 Å². The summed E-state index contributed by atoms with van der Waals surface area (Å²) in [6, 6.07) is 5.58. The van der Waals surface area contributed by atoms with Crippen molar-refractivity contribution in [2.45, 2.75) is 44.2 Å². The van der Waals surface area contributed by atoms with E-state index in [1.54, 1.807) is 0 Å². The van der Waals surface area contributed by atoms with Gasteiger partial charge in [0.2, 0.25) is 0 Å². The fraction of sp³-hybridized carbons (Fsp3) is 0.529. The Bertz CT molecular complexity index is 760. The van der Waals surface area contributed by atoms with Crippen LogP contribution in [0.15, 0.2) is 23.1 Å². The van der Waals surface area contributed by atoms with E-state index in [0.717, 1.165) is 16.0 Å². The molecule has 0 spiro atoms. The average molecular weight is 386 g/mol. The number of esters is 1. The minimum atomic E-state index is -3.06. The molecule has 1 aromatic carbocycles. The molecule has 1 heterocycles. The summed E-state index contributed by atoms with van der Waals surface area (Å²) in [4.78, 5) is 24.9. The number of nitrogens with one attached hydrogen (secondary N) is 1. The minimum absolute atomic E-state index is 0.0536. The normalized spacial score (nSPS) is 20.0. The van der Waals surface area contributed by atoms with Crippen molar-refractivity contribution in [2.75, 3.05) is 17.3 Å². The van der Waals surface area contributed by atoms with Gasteiger partial charge in [0.25, 0.3) is 5.91 Å². The van der Waals surface area contributed by atoms with Crippen molar-refractivity contribution >= 4 is 33.5 Å². The second-order valence-electron chi connectivity index (χ2n) is 6.30. The molecule has 2 atom stereocenters. The quantitative estimate of drug-likeness (QED) is 0.591. The van der Waals surface area contributed by atoms with Gasteiger partial charge in [0.15, 0.2) is 15.9 Å². The molecule has 1 aliphatic heterocycles. The predicted octanol–water partition coefficient (Wildman–Crippen LogP) is 1.63. The van der Waals surface area contributed by atoms with E-state index >= 15 is 0 Å². The Morgan fingerprint density at radius 1 is 1.36 bits per heavy atom. The monoisotopic (exact) mass is 385 g/mol. The zero-order valence-electron chi connectivity index (χ0n) is 14.6. The highest BCUT2D eigenvalue weighted by Crippen LogP contribution is 2.23. The highest BCUT2D eigenvalue weighted by atomic mass is 32.2. The van der Waals surface area contributed by atoms with Crippen molar-refractivity contribution in [1.82, 2.24) is 5.32 Å². The molecule has 1 fully saturated rings. The fourth-order valence-electron chi connectivity index (χ4n) is 2.61. The van der Waals surface area contributed by atoms with Gasteiger partial charge in [-0.2, -0.15) is 0 Å². The average Bonchev–Trinajstić information content (AvgIpc) is 2.85. The SMILES string of the molecule is Cc1ccc(SCC(=O)O[C@@H](C)C(=O)N[C@H]2CCS(=O)(=O)C2)c(C)c1. The fourth-order valence-corrected chi connectivity index (χ4v) is 5.08. The first-order valence-electron chi connectivity index (χ1n) is 8.06. The summed E-state index contributed by atoms with van der Waals surface area (Å²) < 4.78 is 27.9. The zero-order valence-corrected chi connectivity index (χ0v) is 16.2. The number of aryl methyl sites for hydroxylation is 2. The molecule has 0 bridgehead atoms. The molecule has 0 aromatic heterocycles. The molecule has 1 aliphatic rings. The van der Waals surface area contributed by atoms with E-state index in [9.17, 15) is 18.0 Å². The second-order valence-corrected chi connectivity index (χ2v) is 9.54. The molecule has 0 radical (unpaired) electrons. The standard InChI is InChI=1S/C17H23NO5S2/c1-11-4-5-15(12(2)8-11)24-9-16(19)23-13(3)17(20)18-14-6-7-25(21,22)10-14/h4-5,8,13-14H,6-7,9-10H2,1-3H3,(H,18,20)/t13-,14-/m0/s1. The Morgan fingerprint density at radius 3 is 2.68 bits per heavy atom. The van der Waals surface area contributed by atoms with Crippen LogP contribution in [0.3, 0.4) is 0 Å². The maximum atomic E-state index is 12.0. The summed E-state index contributed by atoms with van der Waals surface area (Å²) in [6.07, 6.45) is -0.549. The first-order valence-corrected chi connectivity index (χ1v) is 10.9. The minimum Gasteiger partial charge on any atom is -0.452 e. The van der Waals surface area contributed by atoms with Gasteiger partial charge in [-0.25, -0.2) is 8.42 Å². The Morgan fingerprint density at radius 2 is 2.08 bits per heavy atom. The van der Waals surface area contributed by atoms with Crippen molar-refractivity contribution in [1.29, 1.82) is 0 Å². The van der Waals surface area contributed by atoms with Crippen LogP contribution in [0, 0.1) is 13.8 Å². The number of benzene rings is 1. The summed E-state index contributed by atoms with van der Waals surface area (Å²) in [6.45, 7) is 5.47. The molecule has 1 saturated heterocycles. The summed E-state index contributed by atoms with van der Waals surface area (Å²) in [5.41, 5.74) is 2.25. The lowest BCUT2D eigenvalue weighted by Gasteiger charge is -2.16. The van der Waals surface area contributed by atoms with E-state index in [-0.39, 0.29) is 17.3 Å². The Labute approximate surface area is 152 Å². The number of hydrogen-bond acceptors (Lipinski definition) is 6. The number of thioether (sulfide) groups is 1. The van der Waals surface area contributed by atoms with Crippen LogP contribution < -0.4 is 5.32 Å². The van der Waals surface area contributed by atoms with Gasteiger partial charge in [0.05, 0.1) is 17.3 Å². The largest absolute Gasteiger partial charge is 0.452 e. The third-order valence-corrected chi connectivity index (χ3v) is 6.85. The van der Waals surface area contributed by atoms with E-state index in [0.29, 0.717) is 6.42 Å². The molecule has 0 aliphatic carbocycles. The highest BCUT2D eigenvalue weighted by Gasteiger charge is 2.30. The summed E-state index contributed by atoms with van der Waals surface area (Å²) in [7, 11) is -3.06. The van der Waals surface area contributed by atoms with Crippen LogP contribution in [0.4, 0.5) is 0 Å². The number of sulfone groups is 1. The molecule has 1 aromatic rings. The second kappa shape index (κ2) is 8.23. The van der Waals surface area contributed by atoms with Crippen molar-refractivity contribution < 1.29 is 22.7 Å². The number of hydrogen-bond donors (Lipinski definition) is 1. The molecule has 8 heteroatoms. The van der Waals surface area contributed by atoms with Crippen LogP contribution in [0.25, 0.3) is 0 Å². The van der Waals surface area contributed by atoms with Crippen LogP contribution >= 0.6 is 11.8 Å². The summed E-state index contributed by atoms with van der Waals surface area (Å²) in [5.74, 6) is -0.807. The van der Waals surface area contributed by atoms with Gasteiger partial charge in [-0.1, -0.05) is 17.7 Å². The van der Waals surface area contributed by atoms with Crippen molar-refractivity contribution in [3.63, 3.8) is 0 Å². The maximum Gasteiger partial charge on any atom is 0.317 e. The Kier molecular flexibility index (Phi) is 6.51. The molecule has 25 heavy (non-hydrogen) atoms. The zero-order chi connectivity index (χ0) is 18.6. The van der Waals surface area contributed by atoms with Gasteiger partial charge in [-0.05, 0) is 38.8 Å². The molecule has 138 valence electrons. The number of rotatable bonds is 6. The molecular formula is C17H23NO5S2. The van der Waals surface area contributed by atoms with Crippen LogP contribution in [-0.2, 0) is 24.2 Å². The van der Waals surface area contributed by atoms with Crippen LogP contribution in [-0.4, -0.2) is 49.7 Å². The van der Waals surface area contributed by atoms with Crippen molar-refractivity contribution in [3.8, 4) is 0 Å². The van der Waals surface area contributed by atoms with Crippen LogP contribution in [0.5, 0.6) is 0 Å². The number of ether oxygens (including phenoxy) is 1. The molecular weight excluding hydrogens is 362 g/mol. The van der Waals surface area contributed by atoms with Crippen molar-refractivity contribution in [2.24, 2.45) is 0 Å². The lowest BCUT2D eigenvalue weighted by molar-refractivity contribution is -0.152. The number of carbonyl (C=O) groups is 2. The topological polar surface area (TPSA) is 89.5 Å². The molecule has 1 N–H and O–H groups in total. The Balaban J connectivity index is 1.78. The lowest BCUT2D eigenvalue weighted by atomic mass is 10.2. The summed E-state index contributed by atoms with van der Waals surface area (Å²) in [5, 5.41) is 2.63. The van der Waals surface area contributed by atoms with Crippen molar-refractivity contribution in [3.05, 3.63) is 29.3 Å². The molecule has 1 amide bonds. The third kappa shape index (κ3) is 6.04. The van der Waals surface area contributed by atoms with Gasteiger partial charge in [-0.3, -0.25) is 9.59 Å².